The van der Waals surface area contributed by atoms with E-state index in [4.69, 9.17) is 0 Å². The average Bonchev–Trinajstić information content (AvgIpc) is 2.73. The van der Waals surface area contributed by atoms with E-state index in [2.05, 4.69) is 47.9 Å². The molecular weight excluding hydrogens is 274 g/mol. The van der Waals surface area contributed by atoms with Gasteiger partial charge in [-0.15, -0.1) is 0 Å². The molecule has 2 rings (SSSR count). The molecule has 5 heteroatoms. The third kappa shape index (κ3) is 3.65. The predicted octanol–water partition coefficient (Wildman–Crippen LogP) is 2.52. The predicted molar refractivity (Wildman–Crippen MR) is 91.0 cm³/mol. The highest BCUT2D eigenvalue weighted by Gasteiger charge is 2.13. The summed E-state index contributed by atoms with van der Waals surface area (Å²) in [6, 6.07) is 4.23. The van der Waals surface area contributed by atoms with Crippen LogP contribution in [0.2, 0.25) is 0 Å². The molecule has 0 atom stereocenters. The molecule has 120 valence electrons. The summed E-state index contributed by atoms with van der Waals surface area (Å²) in [6.07, 6.45) is 1.97. The molecule has 0 radical (unpaired) electrons. The molecule has 0 fully saturated rings. The molecule has 0 aliphatic rings. The summed E-state index contributed by atoms with van der Waals surface area (Å²) in [5, 5.41) is 4.51. The van der Waals surface area contributed by atoms with E-state index in [-0.39, 0.29) is 0 Å². The summed E-state index contributed by atoms with van der Waals surface area (Å²) < 4.78 is 1.96. The second kappa shape index (κ2) is 6.92. The summed E-state index contributed by atoms with van der Waals surface area (Å²) in [6.45, 7) is 9.26. The zero-order chi connectivity index (χ0) is 16.3. The smallest absolute Gasteiger partial charge is 0.127 e. The van der Waals surface area contributed by atoms with E-state index < -0.39 is 0 Å². The molecule has 0 bridgehead atoms. The Hall–Kier alpha value is -1.88. The monoisotopic (exact) mass is 301 g/mol. The van der Waals surface area contributed by atoms with Gasteiger partial charge in [-0.1, -0.05) is 13.0 Å². The van der Waals surface area contributed by atoms with E-state index in [1.54, 1.807) is 0 Å². The quantitative estimate of drug-likeness (QED) is 0.821. The third-order valence-corrected chi connectivity index (χ3v) is 4.16. The fourth-order valence-corrected chi connectivity index (χ4v) is 2.58. The molecule has 2 aromatic heterocycles. The number of hydrogen-bond acceptors (Lipinski definition) is 4. The molecular formula is C17H27N5. The Balaban J connectivity index is 2.09. The van der Waals surface area contributed by atoms with Crippen LogP contribution >= 0.6 is 0 Å². The fraction of sp³-hybridized carbons (Fsp3) is 0.529. The summed E-state index contributed by atoms with van der Waals surface area (Å²) >= 11 is 0. The van der Waals surface area contributed by atoms with Crippen molar-refractivity contribution in [3.05, 3.63) is 40.8 Å². The maximum atomic E-state index is 4.51. The topological polar surface area (TPSA) is 37.2 Å². The van der Waals surface area contributed by atoms with E-state index in [9.17, 15) is 0 Å². The largest absolute Gasteiger partial charge is 0.363 e. The normalized spacial score (nSPS) is 11.2. The van der Waals surface area contributed by atoms with Crippen molar-refractivity contribution in [3.8, 4) is 0 Å². The Morgan fingerprint density at radius 1 is 1.14 bits per heavy atom. The molecule has 5 nitrogen and oxygen atoms in total. The maximum Gasteiger partial charge on any atom is 0.127 e. The second-order valence-corrected chi connectivity index (χ2v) is 6.00. The highest BCUT2D eigenvalue weighted by atomic mass is 15.3. The molecule has 0 unspecified atom stereocenters. The maximum absolute atomic E-state index is 4.51. The lowest BCUT2D eigenvalue weighted by Crippen LogP contribution is -2.23. The van der Waals surface area contributed by atoms with Crippen LogP contribution in [0.3, 0.4) is 0 Å². The van der Waals surface area contributed by atoms with Gasteiger partial charge in [-0.05, 0) is 32.0 Å². The van der Waals surface area contributed by atoms with Crippen LogP contribution in [0.15, 0.2) is 18.3 Å². The van der Waals surface area contributed by atoms with Crippen molar-refractivity contribution in [1.29, 1.82) is 0 Å². The van der Waals surface area contributed by atoms with E-state index in [1.165, 1.54) is 16.8 Å². The van der Waals surface area contributed by atoms with Gasteiger partial charge in [0.15, 0.2) is 0 Å². The lowest BCUT2D eigenvalue weighted by atomic mass is 10.1. The van der Waals surface area contributed by atoms with Crippen molar-refractivity contribution in [2.24, 2.45) is 7.05 Å². The summed E-state index contributed by atoms with van der Waals surface area (Å²) in [4.78, 5) is 8.93. The van der Waals surface area contributed by atoms with Gasteiger partial charge in [0.2, 0.25) is 0 Å². The average molecular weight is 301 g/mol. The number of aryl methyl sites for hydroxylation is 2. The Labute approximate surface area is 133 Å². The van der Waals surface area contributed by atoms with Crippen molar-refractivity contribution in [3.63, 3.8) is 0 Å². The number of aromatic nitrogens is 3. The van der Waals surface area contributed by atoms with E-state index >= 15 is 0 Å². The standard InChI is InChI=1S/C17H27N5/c1-7-22(12-16-13(2)19-21(6)14(16)3)11-15-8-9-17(18-10-15)20(4)5/h8-10H,7,11-12H2,1-6H3. The third-order valence-electron chi connectivity index (χ3n) is 4.16. The van der Waals surface area contributed by atoms with Gasteiger partial charge in [-0.3, -0.25) is 9.58 Å². The number of hydrogen-bond donors (Lipinski definition) is 0. The van der Waals surface area contributed by atoms with Crippen molar-refractivity contribution in [2.75, 3.05) is 25.5 Å². The van der Waals surface area contributed by atoms with E-state index in [1.807, 2.05) is 36.9 Å². The Morgan fingerprint density at radius 2 is 1.86 bits per heavy atom. The van der Waals surface area contributed by atoms with Crippen LogP contribution in [0.1, 0.15) is 29.4 Å². The van der Waals surface area contributed by atoms with Gasteiger partial charge in [0, 0.05) is 51.7 Å². The highest BCUT2D eigenvalue weighted by Crippen LogP contribution is 2.17. The molecule has 0 N–H and O–H groups in total. The van der Waals surface area contributed by atoms with Crippen LogP contribution in [-0.2, 0) is 20.1 Å². The highest BCUT2D eigenvalue weighted by molar-refractivity contribution is 5.37. The number of anilines is 1. The molecule has 0 aliphatic carbocycles. The van der Waals surface area contributed by atoms with Crippen molar-refractivity contribution < 1.29 is 0 Å². The molecule has 2 aromatic rings. The van der Waals surface area contributed by atoms with Gasteiger partial charge >= 0.3 is 0 Å². The molecule has 2 heterocycles. The Bertz CT molecular complexity index is 613. The van der Waals surface area contributed by atoms with Gasteiger partial charge in [-0.2, -0.15) is 5.10 Å². The Kier molecular flexibility index (Phi) is 5.19. The molecule has 0 aliphatic heterocycles. The Morgan fingerprint density at radius 3 is 2.32 bits per heavy atom. The fourth-order valence-electron chi connectivity index (χ4n) is 2.58. The van der Waals surface area contributed by atoms with Gasteiger partial charge in [0.25, 0.3) is 0 Å². The molecule has 0 aromatic carbocycles. The summed E-state index contributed by atoms with van der Waals surface area (Å²) in [7, 11) is 6.02. The van der Waals surface area contributed by atoms with E-state index in [0.29, 0.717) is 0 Å². The second-order valence-electron chi connectivity index (χ2n) is 6.00. The van der Waals surface area contributed by atoms with Crippen molar-refractivity contribution in [1.82, 2.24) is 19.7 Å². The first-order valence-corrected chi connectivity index (χ1v) is 7.76. The number of rotatable bonds is 6. The minimum absolute atomic E-state index is 0.908. The summed E-state index contributed by atoms with van der Waals surface area (Å²) in [5.74, 6) is 0.991. The van der Waals surface area contributed by atoms with Gasteiger partial charge < -0.3 is 4.90 Å². The molecule has 22 heavy (non-hydrogen) atoms. The van der Waals surface area contributed by atoms with Crippen molar-refractivity contribution in [2.45, 2.75) is 33.9 Å². The number of pyridine rings is 1. The van der Waals surface area contributed by atoms with Gasteiger partial charge in [-0.25, -0.2) is 4.98 Å². The molecule has 0 amide bonds. The van der Waals surface area contributed by atoms with Crippen LogP contribution < -0.4 is 4.90 Å². The zero-order valence-electron chi connectivity index (χ0n) is 14.6. The van der Waals surface area contributed by atoms with Crippen molar-refractivity contribution >= 4 is 5.82 Å². The van der Waals surface area contributed by atoms with Crippen LogP contribution in [0, 0.1) is 13.8 Å². The van der Waals surface area contributed by atoms with Gasteiger partial charge in [0.1, 0.15) is 5.82 Å². The lowest BCUT2D eigenvalue weighted by Gasteiger charge is -2.21. The van der Waals surface area contributed by atoms with Crippen LogP contribution in [0.4, 0.5) is 5.82 Å². The molecule has 0 saturated heterocycles. The van der Waals surface area contributed by atoms with Crippen LogP contribution in [0.5, 0.6) is 0 Å². The van der Waals surface area contributed by atoms with Crippen LogP contribution in [0.25, 0.3) is 0 Å². The lowest BCUT2D eigenvalue weighted by molar-refractivity contribution is 0.270. The first-order valence-electron chi connectivity index (χ1n) is 7.76. The first kappa shape index (κ1) is 16.5. The van der Waals surface area contributed by atoms with E-state index in [0.717, 1.165) is 31.1 Å². The molecule has 0 saturated carbocycles. The minimum atomic E-state index is 0.908. The number of nitrogens with zero attached hydrogens (tertiary/aromatic N) is 5. The first-order chi connectivity index (χ1) is 10.4. The SMILES string of the molecule is CCN(Cc1ccc(N(C)C)nc1)Cc1c(C)nn(C)c1C. The zero-order valence-corrected chi connectivity index (χ0v) is 14.6. The minimum Gasteiger partial charge on any atom is -0.363 e. The van der Waals surface area contributed by atoms with Gasteiger partial charge in [0.05, 0.1) is 5.69 Å². The summed E-state index contributed by atoms with van der Waals surface area (Å²) in [5.41, 5.74) is 4.95. The molecule has 0 spiro atoms. The van der Waals surface area contributed by atoms with Crippen LogP contribution in [-0.4, -0.2) is 40.3 Å².